The molecule has 0 atom stereocenters. The molecule has 3 aromatic carbocycles. The van der Waals surface area contributed by atoms with Gasteiger partial charge in [0.2, 0.25) is 0 Å². The molecule has 0 bridgehead atoms. The van der Waals surface area contributed by atoms with Crippen LogP contribution in [0.1, 0.15) is 10.4 Å². The van der Waals surface area contributed by atoms with E-state index in [2.05, 4.69) is 17.0 Å². The molecule has 0 radical (unpaired) electrons. The zero-order valence-corrected chi connectivity index (χ0v) is 12.6. The maximum absolute atomic E-state index is 12.9. The van der Waals surface area contributed by atoms with Gasteiger partial charge in [-0.2, -0.15) is 0 Å². The number of para-hydroxylation sites is 3. The minimum atomic E-state index is 0.0407. The van der Waals surface area contributed by atoms with Crippen molar-refractivity contribution in [2.75, 3.05) is 16.5 Å². The van der Waals surface area contributed by atoms with Crippen LogP contribution in [0.15, 0.2) is 84.9 Å². The van der Waals surface area contributed by atoms with Crippen LogP contribution in [0.25, 0.3) is 0 Å². The minimum Gasteiger partial charge on any atom is -0.322 e. The Hall–Kier alpha value is -3.07. The molecule has 0 fully saturated rings. The summed E-state index contributed by atoms with van der Waals surface area (Å²) in [5.74, 6) is 0.0407. The standard InChI is InChI=1S/C20H16N2O/c23-20-18-13-7-8-14-19(18)21(16-9-3-1-4-10-16)15-22(20)17-11-5-2-6-12-17/h1-14H,15H2. The zero-order valence-electron chi connectivity index (χ0n) is 12.6. The van der Waals surface area contributed by atoms with Crippen LogP contribution in [0, 0.1) is 0 Å². The average molecular weight is 300 g/mol. The molecule has 0 aliphatic carbocycles. The van der Waals surface area contributed by atoms with Gasteiger partial charge in [0, 0.05) is 11.4 Å². The van der Waals surface area contributed by atoms with E-state index in [-0.39, 0.29) is 5.91 Å². The first-order chi connectivity index (χ1) is 11.3. The summed E-state index contributed by atoms with van der Waals surface area (Å²) >= 11 is 0. The van der Waals surface area contributed by atoms with Crippen molar-refractivity contribution in [3.63, 3.8) is 0 Å². The summed E-state index contributed by atoms with van der Waals surface area (Å²) in [7, 11) is 0. The summed E-state index contributed by atoms with van der Waals surface area (Å²) in [5, 5.41) is 0. The quantitative estimate of drug-likeness (QED) is 0.698. The maximum atomic E-state index is 12.9. The maximum Gasteiger partial charge on any atom is 0.261 e. The van der Waals surface area contributed by atoms with E-state index in [1.807, 2.05) is 77.7 Å². The Balaban J connectivity index is 1.84. The number of hydrogen-bond donors (Lipinski definition) is 0. The van der Waals surface area contributed by atoms with Crippen LogP contribution in [0.2, 0.25) is 0 Å². The van der Waals surface area contributed by atoms with Gasteiger partial charge in [0.1, 0.15) is 6.67 Å². The van der Waals surface area contributed by atoms with Crippen molar-refractivity contribution in [1.29, 1.82) is 0 Å². The molecule has 0 aromatic heterocycles. The van der Waals surface area contributed by atoms with Crippen molar-refractivity contribution >= 4 is 23.0 Å². The van der Waals surface area contributed by atoms with Gasteiger partial charge in [-0.25, -0.2) is 0 Å². The molecule has 23 heavy (non-hydrogen) atoms. The zero-order chi connectivity index (χ0) is 15.6. The fourth-order valence-corrected chi connectivity index (χ4v) is 2.95. The Bertz CT molecular complexity index is 831. The summed E-state index contributed by atoms with van der Waals surface area (Å²) in [5.41, 5.74) is 3.67. The molecule has 0 saturated heterocycles. The highest BCUT2D eigenvalue weighted by atomic mass is 16.2. The first-order valence-electron chi connectivity index (χ1n) is 7.63. The molecule has 3 nitrogen and oxygen atoms in total. The van der Waals surface area contributed by atoms with Gasteiger partial charge in [0.25, 0.3) is 5.91 Å². The van der Waals surface area contributed by atoms with Crippen molar-refractivity contribution in [1.82, 2.24) is 0 Å². The van der Waals surface area contributed by atoms with Crippen LogP contribution in [-0.4, -0.2) is 12.6 Å². The van der Waals surface area contributed by atoms with Gasteiger partial charge in [0.05, 0.1) is 11.3 Å². The fourth-order valence-electron chi connectivity index (χ4n) is 2.95. The molecule has 1 heterocycles. The van der Waals surface area contributed by atoms with Crippen LogP contribution >= 0.6 is 0 Å². The van der Waals surface area contributed by atoms with Crippen LogP contribution in [0.3, 0.4) is 0 Å². The Labute approximate surface area is 135 Å². The minimum absolute atomic E-state index is 0.0407. The van der Waals surface area contributed by atoms with Crippen molar-refractivity contribution in [3.05, 3.63) is 90.5 Å². The smallest absolute Gasteiger partial charge is 0.261 e. The van der Waals surface area contributed by atoms with Crippen molar-refractivity contribution in [2.45, 2.75) is 0 Å². The highest BCUT2D eigenvalue weighted by Gasteiger charge is 2.30. The third kappa shape index (κ3) is 2.36. The number of amides is 1. The topological polar surface area (TPSA) is 23.6 Å². The number of fused-ring (bicyclic) bond motifs is 1. The lowest BCUT2D eigenvalue weighted by atomic mass is 10.1. The third-order valence-electron chi connectivity index (χ3n) is 4.09. The molecule has 3 aromatic rings. The number of carbonyl (C=O) groups excluding carboxylic acids is 1. The Morgan fingerprint density at radius 1 is 0.609 bits per heavy atom. The number of nitrogens with zero attached hydrogens (tertiary/aromatic N) is 2. The lowest BCUT2D eigenvalue weighted by Crippen LogP contribution is -2.44. The van der Waals surface area contributed by atoms with Gasteiger partial charge in [-0.15, -0.1) is 0 Å². The molecule has 0 saturated carbocycles. The summed E-state index contributed by atoms with van der Waals surface area (Å²) < 4.78 is 0. The van der Waals surface area contributed by atoms with E-state index < -0.39 is 0 Å². The van der Waals surface area contributed by atoms with Crippen LogP contribution in [0.4, 0.5) is 17.1 Å². The SMILES string of the molecule is O=C1c2ccccc2N(c2ccccc2)CN1c1ccccc1. The second-order valence-corrected chi connectivity index (χ2v) is 5.49. The van der Waals surface area contributed by atoms with Crippen molar-refractivity contribution < 1.29 is 4.79 Å². The number of benzene rings is 3. The van der Waals surface area contributed by atoms with E-state index in [0.717, 1.165) is 22.6 Å². The van der Waals surface area contributed by atoms with Gasteiger partial charge in [-0.1, -0.05) is 48.5 Å². The second-order valence-electron chi connectivity index (χ2n) is 5.49. The Morgan fingerprint density at radius 2 is 1.13 bits per heavy atom. The molecule has 1 aliphatic heterocycles. The molecule has 0 unspecified atom stereocenters. The molecular formula is C20H16N2O. The van der Waals surface area contributed by atoms with Gasteiger partial charge in [0.15, 0.2) is 0 Å². The fraction of sp³-hybridized carbons (Fsp3) is 0.0500. The molecule has 4 rings (SSSR count). The highest BCUT2D eigenvalue weighted by molar-refractivity contribution is 6.12. The molecule has 0 N–H and O–H groups in total. The van der Waals surface area contributed by atoms with E-state index >= 15 is 0 Å². The lowest BCUT2D eigenvalue weighted by Gasteiger charge is -2.38. The van der Waals surface area contributed by atoms with Gasteiger partial charge >= 0.3 is 0 Å². The van der Waals surface area contributed by atoms with Crippen molar-refractivity contribution in [3.8, 4) is 0 Å². The number of carbonyl (C=O) groups is 1. The van der Waals surface area contributed by atoms with E-state index in [0.29, 0.717) is 6.67 Å². The molecule has 1 aliphatic rings. The van der Waals surface area contributed by atoms with E-state index in [1.54, 1.807) is 0 Å². The van der Waals surface area contributed by atoms with Crippen LogP contribution < -0.4 is 9.80 Å². The number of rotatable bonds is 2. The van der Waals surface area contributed by atoms with Crippen molar-refractivity contribution in [2.24, 2.45) is 0 Å². The molecule has 3 heteroatoms. The van der Waals surface area contributed by atoms with E-state index in [9.17, 15) is 4.79 Å². The summed E-state index contributed by atoms with van der Waals surface area (Å²) in [6.07, 6.45) is 0. The van der Waals surface area contributed by atoms with Crippen LogP contribution in [0.5, 0.6) is 0 Å². The largest absolute Gasteiger partial charge is 0.322 e. The second kappa shape index (κ2) is 5.61. The first kappa shape index (κ1) is 13.6. The Kier molecular flexibility index (Phi) is 3.31. The summed E-state index contributed by atoms with van der Waals surface area (Å²) in [6.45, 7) is 0.504. The number of hydrogen-bond acceptors (Lipinski definition) is 2. The average Bonchev–Trinajstić information content (AvgIpc) is 2.64. The predicted octanol–water partition coefficient (Wildman–Crippen LogP) is 4.44. The van der Waals surface area contributed by atoms with Gasteiger partial charge in [-0.05, 0) is 36.4 Å². The van der Waals surface area contributed by atoms with E-state index in [1.165, 1.54) is 0 Å². The summed E-state index contributed by atoms with van der Waals surface area (Å²) in [6, 6.07) is 27.7. The third-order valence-corrected chi connectivity index (χ3v) is 4.09. The Morgan fingerprint density at radius 3 is 1.78 bits per heavy atom. The highest BCUT2D eigenvalue weighted by Crippen LogP contribution is 2.35. The predicted molar refractivity (Wildman–Crippen MR) is 93.1 cm³/mol. The molecule has 112 valence electrons. The van der Waals surface area contributed by atoms with Gasteiger partial charge in [-0.3, -0.25) is 9.69 Å². The molecule has 0 spiro atoms. The molecular weight excluding hydrogens is 284 g/mol. The lowest BCUT2D eigenvalue weighted by molar-refractivity contribution is 0.0983. The normalized spacial score (nSPS) is 13.8. The van der Waals surface area contributed by atoms with Gasteiger partial charge < -0.3 is 4.90 Å². The first-order valence-corrected chi connectivity index (χ1v) is 7.63. The summed E-state index contributed by atoms with van der Waals surface area (Å²) in [4.78, 5) is 16.9. The molecule has 1 amide bonds. The van der Waals surface area contributed by atoms with E-state index in [4.69, 9.17) is 0 Å². The number of anilines is 3. The van der Waals surface area contributed by atoms with Crippen LogP contribution in [-0.2, 0) is 0 Å². The monoisotopic (exact) mass is 300 g/mol.